The molecule has 3 aromatic rings. The maximum atomic E-state index is 13.0. The van der Waals surface area contributed by atoms with Crippen LogP contribution in [0.25, 0.3) is 21.8 Å². The second-order valence-electron chi connectivity index (χ2n) is 4.30. The lowest BCUT2D eigenvalue weighted by atomic mass is 10.1. The fourth-order valence-corrected chi connectivity index (χ4v) is 2.92. The molecule has 1 aromatic heterocycles. The second kappa shape index (κ2) is 4.94. The molecular weight excluding hydrogens is 257 g/mol. The molecule has 0 N–H and O–H groups in total. The van der Waals surface area contributed by atoms with Crippen LogP contribution in [-0.2, 0) is 0 Å². The van der Waals surface area contributed by atoms with Crippen molar-refractivity contribution in [3.63, 3.8) is 0 Å². The molecule has 0 unspecified atom stereocenters. The van der Waals surface area contributed by atoms with Gasteiger partial charge in [0.2, 0.25) is 0 Å². The van der Waals surface area contributed by atoms with Gasteiger partial charge in [0, 0.05) is 16.0 Å². The summed E-state index contributed by atoms with van der Waals surface area (Å²) in [4.78, 5) is 5.82. The minimum Gasteiger partial charge on any atom is -0.236 e. The van der Waals surface area contributed by atoms with Crippen LogP contribution in [-0.4, -0.2) is 4.98 Å². The third-order valence-corrected chi connectivity index (χ3v) is 3.95. The van der Waals surface area contributed by atoms with Gasteiger partial charge in [-0.05, 0) is 31.2 Å². The Morgan fingerprint density at radius 3 is 2.26 bits per heavy atom. The van der Waals surface area contributed by atoms with Crippen molar-refractivity contribution in [2.24, 2.45) is 0 Å². The summed E-state index contributed by atoms with van der Waals surface area (Å²) in [5.74, 6) is -0.222. The Hall–Kier alpha value is -2.00. The number of benzene rings is 2. The zero-order valence-corrected chi connectivity index (χ0v) is 11.2. The van der Waals surface area contributed by atoms with E-state index in [2.05, 4.69) is 4.98 Å². The number of thiazole rings is 1. The van der Waals surface area contributed by atoms with E-state index in [-0.39, 0.29) is 5.82 Å². The van der Waals surface area contributed by atoms with Crippen molar-refractivity contribution in [2.45, 2.75) is 6.92 Å². The number of halogens is 1. The summed E-state index contributed by atoms with van der Waals surface area (Å²) in [6.07, 6.45) is 0. The van der Waals surface area contributed by atoms with Crippen LogP contribution < -0.4 is 0 Å². The molecule has 94 valence electrons. The van der Waals surface area contributed by atoms with E-state index in [1.165, 1.54) is 12.1 Å². The molecule has 2 aromatic carbocycles. The number of nitrogens with zero attached hydrogens (tertiary/aromatic N) is 1. The SMILES string of the molecule is Cc1sc(-c2ccccc2)nc1-c1ccc(F)cc1. The summed E-state index contributed by atoms with van der Waals surface area (Å²) in [7, 11) is 0. The van der Waals surface area contributed by atoms with Crippen molar-refractivity contribution in [1.29, 1.82) is 0 Å². The number of hydrogen-bond acceptors (Lipinski definition) is 2. The lowest BCUT2D eigenvalue weighted by Crippen LogP contribution is -1.82. The van der Waals surface area contributed by atoms with Gasteiger partial charge in [-0.3, -0.25) is 0 Å². The van der Waals surface area contributed by atoms with Crippen molar-refractivity contribution < 1.29 is 4.39 Å². The zero-order valence-electron chi connectivity index (χ0n) is 10.4. The molecule has 19 heavy (non-hydrogen) atoms. The molecule has 0 amide bonds. The van der Waals surface area contributed by atoms with Gasteiger partial charge in [0.25, 0.3) is 0 Å². The van der Waals surface area contributed by atoms with Crippen LogP contribution in [0.15, 0.2) is 54.6 Å². The van der Waals surface area contributed by atoms with E-state index in [1.54, 1.807) is 23.5 Å². The first-order chi connectivity index (χ1) is 9.24. The van der Waals surface area contributed by atoms with Crippen LogP contribution in [0.1, 0.15) is 4.88 Å². The standard InChI is InChI=1S/C16H12FNS/c1-11-15(12-7-9-14(17)10-8-12)18-16(19-11)13-5-3-2-4-6-13/h2-10H,1H3. The first kappa shape index (κ1) is 12.1. The van der Waals surface area contributed by atoms with Crippen molar-refractivity contribution >= 4 is 11.3 Å². The van der Waals surface area contributed by atoms with E-state index in [1.807, 2.05) is 37.3 Å². The third-order valence-electron chi connectivity index (χ3n) is 2.93. The van der Waals surface area contributed by atoms with E-state index in [4.69, 9.17) is 0 Å². The van der Waals surface area contributed by atoms with Crippen molar-refractivity contribution in [3.8, 4) is 21.8 Å². The summed E-state index contributed by atoms with van der Waals surface area (Å²) >= 11 is 1.66. The van der Waals surface area contributed by atoms with Crippen LogP contribution in [0, 0.1) is 12.7 Å². The maximum Gasteiger partial charge on any atom is 0.124 e. The van der Waals surface area contributed by atoms with E-state index < -0.39 is 0 Å². The Morgan fingerprint density at radius 2 is 1.58 bits per heavy atom. The van der Waals surface area contributed by atoms with Crippen LogP contribution in [0.4, 0.5) is 4.39 Å². The monoisotopic (exact) mass is 269 g/mol. The molecule has 1 heterocycles. The van der Waals surface area contributed by atoms with Gasteiger partial charge in [-0.25, -0.2) is 9.37 Å². The van der Waals surface area contributed by atoms with E-state index >= 15 is 0 Å². The molecule has 0 spiro atoms. The molecule has 0 aliphatic carbocycles. The largest absolute Gasteiger partial charge is 0.236 e. The van der Waals surface area contributed by atoms with Gasteiger partial charge < -0.3 is 0 Å². The maximum absolute atomic E-state index is 13.0. The molecule has 0 bridgehead atoms. The quantitative estimate of drug-likeness (QED) is 0.643. The number of hydrogen-bond donors (Lipinski definition) is 0. The van der Waals surface area contributed by atoms with Crippen molar-refractivity contribution in [2.75, 3.05) is 0 Å². The average molecular weight is 269 g/mol. The predicted molar refractivity (Wildman–Crippen MR) is 77.7 cm³/mol. The van der Waals surface area contributed by atoms with E-state index in [9.17, 15) is 4.39 Å². The van der Waals surface area contributed by atoms with Gasteiger partial charge in [0.15, 0.2) is 0 Å². The Bertz CT molecular complexity index is 687. The van der Waals surface area contributed by atoms with Gasteiger partial charge in [-0.1, -0.05) is 30.3 Å². The summed E-state index contributed by atoms with van der Waals surface area (Å²) in [6, 6.07) is 16.6. The van der Waals surface area contributed by atoms with Crippen molar-refractivity contribution in [3.05, 3.63) is 65.3 Å². The van der Waals surface area contributed by atoms with Crippen LogP contribution >= 0.6 is 11.3 Å². The van der Waals surface area contributed by atoms with Gasteiger partial charge >= 0.3 is 0 Å². The lowest BCUT2D eigenvalue weighted by molar-refractivity contribution is 0.628. The number of aromatic nitrogens is 1. The highest BCUT2D eigenvalue weighted by atomic mass is 32.1. The highest BCUT2D eigenvalue weighted by Crippen LogP contribution is 2.33. The Morgan fingerprint density at radius 1 is 0.895 bits per heavy atom. The molecule has 0 aliphatic rings. The number of rotatable bonds is 2. The zero-order chi connectivity index (χ0) is 13.2. The minimum absolute atomic E-state index is 0.222. The van der Waals surface area contributed by atoms with Crippen LogP contribution in [0.3, 0.4) is 0 Å². The molecule has 3 heteroatoms. The average Bonchev–Trinajstić information content (AvgIpc) is 2.83. The van der Waals surface area contributed by atoms with Crippen molar-refractivity contribution in [1.82, 2.24) is 4.98 Å². The summed E-state index contributed by atoms with van der Waals surface area (Å²) in [6.45, 7) is 2.04. The van der Waals surface area contributed by atoms with Gasteiger partial charge in [-0.2, -0.15) is 0 Å². The highest BCUT2D eigenvalue weighted by molar-refractivity contribution is 7.15. The fourth-order valence-electron chi connectivity index (χ4n) is 1.98. The topological polar surface area (TPSA) is 12.9 Å². The normalized spacial score (nSPS) is 10.6. The first-order valence-corrected chi connectivity index (χ1v) is 6.84. The summed E-state index contributed by atoms with van der Waals surface area (Å²) < 4.78 is 13.0. The summed E-state index contributed by atoms with van der Waals surface area (Å²) in [5, 5.41) is 0.998. The predicted octanol–water partition coefficient (Wildman–Crippen LogP) is 4.92. The first-order valence-electron chi connectivity index (χ1n) is 6.03. The smallest absolute Gasteiger partial charge is 0.124 e. The minimum atomic E-state index is -0.222. The Labute approximate surface area is 115 Å². The van der Waals surface area contributed by atoms with Crippen LogP contribution in [0.5, 0.6) is 0 Å². The molecule has 0 saturated carbocycles. The molecule has 0 atom stereocenters. The summed E-state index contributed by atoms with van der Waals surface area (Å²) in [5.41, 5.74) is 3.00. The molecular formula is C16H12FNS. The fraction of sp³-hybridized carbons (Fsp3) is 0.0625. The van der Waals surface area contributed by atoms with Gasteiger partial charge in [0.05, 0.1) is 5.69 Å². The Kier molecular flexibility index (Phi) is 3.13. The van der Waals surface area contributed by atoms with E-state index in [0.717, 1.165) is 26.7 Å². The molecule has 0 fully saturated rings. The van der Waals surface area contributed by atoms with Gasteiger partial charge in [-0.15, -0.1) is 11.3 Å². The molecule has 0 aliphatic heterocycles. The Balaban J connectivity index is 2.05. The molecule has 3 rings (SSSR count). The highest BCUT2D eigenvalue weighted by Gasteiger charge is 2.10. The second-order valence-corrected chi connectivity index (χ2v) is 5.50. The lowest BCUT2D eigenvalue weighted by Gasteiger charge is -1.98. The number of aryl methyl sites for hydroxylation is 1. The third kappa shape index (κ3) is 2.42. The molecule has 0 saturated heterocycles. The van der Waals surface area contributed by atoms with Gasteiger partial charge in [0.1, 0.15) is 10.8 Å². The van der Waals surface area contributed by atoms with Crippen LogP contribution in [0.2, 0.25) is 0 Å². The van der Waals surface area contributed by atoms with E-state index in [0.29, 0.717) is 0 Å². The molecule has 0 radical (unpaired) electrons. The molecule has 1 nitrogen and oxygen atoms in total.